The summed E-state index contributed by atoms with van der Waals surface area (Å²) in [6.07, 6.45) is 1.22. The number of oxazole rings is 1. The molecule has 0 bridgehead atoms. The van der Waals surface area contributed by atoms with Crippen LogP contribution in [0, 0.1) is 0 Å². The Labute approximate surface area is 81.3 Å². The SMILES string of the molecule is Nc1ccc2oc(N3CCC3)nc2c1. The van der Waals surface area contributed by atoms with Crippen molar-refractivity contribution in [3.63, 3.8) is 0 Å². The maximum Gasteiger partial charge on any atom is 0.298 e. The Morgan fingerprint density at radius 2 is 2.21 bits per heavy atom. The summed E-state index contributed by atoms with van der Waals surface area (Å²) in [7, 11) is 0. The van der Waals surface area contributed by atoms with Crippen molar-refractivity contribution in [3.05, 3.63) is 18.2 Å². The fraction of sp³-hybridized carbons (Fsp3) is 0.300. The summed E-state index contributed by atoms with van der Waals surface area (Å²) >= 11 is 0. The van der Waals surface area contributed by atoms with Crippen LogP contribution < -0.4 is 10.6 Å². The smallest absolute Gasteiger partial charge is 0.298 e. The minimum absolute atomic E-state index is 0.719. The van der Waals surface area contributed by atoms with E-state index in [0.29, 0.717) is 0 Å². The lowest BCUT2D eigenvalue weighted by atomic mass is 10.2. The molecule has 1 fully saturated rings. The summed E-state index contributed by atoms with van der Waals surface area (Å²) < 4.78 is 5.59. The van der Waals surface area contributed by atoms with E-state index in [-0.39, 0.29) is 0 Å². The van der Waals surface area contributed by atoms with Crippen molar-refractivity contribution in [2.45, 2.75) is 6.42 Å². The number of nitrogen functional groups attached to an aromatic ring is 1. The van der Waals surface area contributed by atoms with Crippen LogP contribution in [0.25, 0.3) is 11.1 Å². The van der Waals surface area contributed by atoms with E-state index in [2.05, 4.69) is 9.88 Å². The molecule has 2 heterocycles. The zero-order valence-corrected chi connectivity index (χ0v) is 7.73. The van der Waals surface area contributed by atoms with Gasteiger partial charge in [-0.15, -0.1) is 0 Å². The first-order valence-electron chi connectivity index (χ1n) is 4.74. The molecule has 0 unspecified atom stereocenters. The maximum absolute atomic E-state index is 5.66. The first-order chi connectivity index (χ1) is 6.83. The first-order valence-corrected chi connectivity index (χ1v) is 4.74. The molecule has 3 rings (SSSR count). The number of fused-ring (bicyclic) bond motifs is 1. The van der Waals surface area contributed by atoms with E-state index in [1.54, 1.807) is 0 Å². The van der Waals surface area contributed by atoms with Crippen molar-refractivity contribution in [2.24, 2.45) is 0 Å². The molecule has 0 aliphatic carbocycles. The average Bonchev–Trinajstić information content (AvgIpc) is 2.43. The predicted octanol–water partition coefficient (Wildman–Crippen LogP) is 1.62. The van der Waals surface area contributed by atoms with Gasteiger partial charge in [0.05, 0.1) is 0 Å². The Morgan fingerprint density at radius 1 is 1.36 bits per heavy atom. The Balaban J connectivity index is 2.10. The van der Waals surface area contributed by atoms with Gasteiger partial charge in [0.25, 0.3) is 6.01 Å². The minimum Gasteiger partial charge on any atom is -0.423 e. The van der Waals surface area contributed by atoms with Gasteiger partial charge in [-0.2, -0.15) is 4.98 Å². The van der Waals surface area contributed by atoms with Gasteiger partial charge in [-0.1, -0.05) is 0 Å². The molecule has 1 aromatic heterocycles. The second kappa shape index (κ2) is 2.64. The lowest BCUT2D eigenvalue weighted by molar-refractivity contribution is 0.510. The molecule has 14 heavy (non-hydrogen) atoms. The molecule has 0 saturated carbocycles. The van der Waals surface area contributed by atoms with Gasteiger partial charge in [0.1, 0.15) is 5.52 Å². The van der Waals surface area contributed by atoms with Gasteiger partial charge in [0.2, 0.25) is 0 Å². The molecule has 0 atom stereocenters. The van der Waals surface area contributed by atoms with Gasteiger partial charge in [-0.3, -0.25) is 0 Å². The van der Waals surface area contributed by atoms with Gasteiger partial charge in [-0.05, 0) is 24.6 Å². The molecule has 1 saturated heterocycles. The quantitative estimate of drug-likeness (QED) is 0.692. The van der Waals surface area contributed by atoms with Gasteiger partial charge >= 0.3 is 0 Å². The normalized spacial score (nSPS) is 15.9. The highest BCUT2D eigenvalue weighted by Gasteiger charge is 2.19. The van der Waals surface area contributed by atoms with E-state index >= 15 is 0 Å². The van der Waals surface area contributed by atoms with Gasteiger partial charge in [0.15, 0.2) is 5.58 Å². The van der Waals surface area contributed by atoms with Crippen LogP contribution in [-0.4, -0.2) is 18.1 Å². The molecule has 72 valence electrons. The standard InChI is InChI=1S/C10H11N3O/c11-7-2-3-9-8(6-7)12-10(14-9)13-4-1-5-13/h2-3,6H,1,4-5,11H2. The van der Waals surface area contributed by atoms with Gasteiger partial charge in [0, 0.05) is 18.8 Å². The number of hydrogen-bond donors (Lipinski definition) is 1. The van der Waals surface area contributed by atoms with Crippen molar-refractivity contribution in [3.8, 4) is 0 Å². The van der Waals surface area contributed by atoms with E-state index < -0.39 is 0 Å². The Hall–Kier alpha value is -1.71. The monoisotopic (exact) mass is 189 g/mol. The second-order valence-corrected chi connectivity index (χ2v) is 3.56. The van der Waals surface area contributed by atoms with Crippen molar-refractivity contribution >= 4 is 22.8 Å². The average molecular weight is 189 g/mol. The molecule has 4 heteroatoms. The first kappa shape index (κ1) is 7.67. The zero-order valence-electron chi connectivity index (χ0n) is 7.73. The highest BCUT2D eigenvalue weighted by atomic mass is 16.4. The highest BCUT2D eigenvalue weighted by molar-refractivity contribution is 5.78. The van der Waals surface area contributed by atoms with Crippen LogP contribution in [0.15, 0.2) is 22.6 Å². The van der Waals surface area contributed by atoms with Crippen molar-refractivity contribution in [1.82, 2.24) is 4.98 Å². The molecule has 4 nitrogen and oxygen atoms in total. The van der Waals surface area contributed by atoms with Crippen LogP contribution in [0.5, 0.6) is 0 Å². The summed E-state index contributed by atoms with van der Waals surface area (Å²) in [5.41, 5.74) is 8.03. The third-order valence-corrected chi connectivity index (χ3v) is 2.53. The fourth-order valence-electron chi connectivity index (χ4n) is 1.58. The third kappa shape index (κ3) is 1.04. The van der Waals surface area contributed by atoms with E-state index in [9.17, 15) is 0 Å². The lowest BCUT2D eigenvalue weighted by Gasteiger charge is -2.28. The van der Waals surface area contributed by atoms with E-state index in [0.717, 1.165) is 35.9 Å². The molecule has 2 N–H and O–H groups in total. The van der Waals surface area contributed by atoms with Crippen LogP contribution in [0.3, 0.4) is 0 Å². The topological polar surface area (TPSA) is 55.3 Å². The Morgan fingerprint density at radius 3 is 2.93 bits per heavy atom. The zero-order chi connectivity index (χ0) is 9.54. The summed E-state index contributed by atoms with van der Waals surface area (Å²) in [5.74, 6) is 0. The summed E-state index contributed by atoms with van der Waals surface area (Å²) in [6.45, 7) is 2.09. The minimum atomic E-state index is 0.719. The van der Waals surface area contributed by atoms with Crippen LogP contribution in [0.1, 0.15) is 6.42 Å². The second-order valence-electron chi connectivity index (χ2n) is 3.56. The highest BCUT2D eigenvalue weighted by Crippen LogP contribution is 2.25. The summed E-state index contributed by atoms with van der Waals surface area (Å²) in [5, 5.41) is 0. The van der Waals surface area contributed by atoms with E-state index in [4.69, 9.17) is 10.2 Å². The number of benzene rings is 1. The van der Waals surface area contributed by atoms with Gasteiger partial charge < -0.3 is 15.1 Å². The number of anilines is 2. The molecule has 1 aliphatic rings. The molecule has 0 spiro atoms. The van der Waals surface area contributed by atoms with Crippen LogP contribution in [0.2, 0.25) is 0 Å². The summed E-state index contributed by atoms with van der Waals surface area (Å²) in [6, 6.07) is 6.24. The summed E-state index contributed by atoms with van der Waals surface area (Å²) in [4.78, 5) is 6.50. The Kier molecular flexibility index (Phi) is 1.45. The van der Waals surface area contributed by atoms with Crippen molar-refractivity contribution < 1.29 is 4.42 Å². The molecule has 0 radical (unpaired) electrons. The molecule has 0 amide bonds. The van der Waals surface area contributed by atoms with E-state index in [1.807, 2.05) is 18.2 Å². The van der Waals surface area contributed by atoms with Crippen LogP contribution >= 0.6 is 0 Å². The number of nitrogens with zero attached hydrogens (tertiary/aromatic N) is 2. The molecular formula is C10H11N3O. The fourth-order valence-corrected chi connectivity index (χ4v) is 1.58. The molecular weight excluding hydrogens is 178 g/mol. The van der Waals surface area contributed by atoms with Crippen molar-refractivity contribution in [2.75, 3.05) is 23.7 Å². The number of hydrogen-bond acceptors (Lipinski definition) is 4. The lowest BCUT2D eigenvalue weighted by Crippen LogP contribution is -2.37. The predicted molar refractivity (Wildman–Crippen MR) is 55.3 cm³/mol. The van der Waals surface area contributed by atoms with Crippen LogP contribution in [0.4, 0.5) is 11.7 Å². The van der Waals surface area contributed by atoms with E-state index in [1.165, 1.54) is 6.42 Å². The molecule has 1 aromatic carbocycles. The number of aromatic nitrogens is 1. The third-order valence-electron chi connectivity index (χ3n) is 2.53. The van der Waals surface area contributed by atoms with Crippen LogP contribution in [-0.2, 0) is 0 Å². The molecule has 1 aliphatic heterocycles. The largest absolute Gasteiger partial charge is 0.423 e. The maximum atomic E-state index is 5.66. The van der Waals surface area contributed by atoms with Crippen molar-refractivity contribution in [1.29, 1.82) is 0 Å². The number of nitrogens with two attached hydrogens (primary N) is 1. The number of rotatable bonds is 1. The Bertz CT molecular complexity index is 473. The van der Waals surface area contributed by atoms with Gasteiger partial charge in [-0.25, -0.2) is 0 Å². The molecule has 2 aromatic rings.